The zero-order valence-corrected chi connectivity index (χ0v) is 19.0. The zero-order valence-electron chi connectivity index (χ0n) is 19.0. The molecule has 0 bridgehead atoms. The van der Waals surface area contributed by atoms with E-state index in [1.54, 1.807) is 36.4 Å². The molecule has 33 heavy (non-hydrogen) atoms. The molecule has 0 spiro atoms. The van der Waals surface area contributed by atoms with Crippen LogP contribution in [0, 0.1) is 5.82 Å². The summed E-state index contributed by atoms with van der Waals surface area (Å²) < 4.78 is 31.5. The lowest BCUT2D eigenvalue weighted by Gasteiger charge is -2.43. The van der Waals surface area contributed by atoms with Gasteiger partial charge in [0.1, 0.15) is 23.3 Å². The molecule has 1 aliphatic rings. The molecule has 2 unspecified atom stereocenters. The highest BCUT2D eigenvalue weighted by Gasteiger charge is 2.47. The highest BCUT2D eigenvalue weighted by molar-refractivity contribution is 5.89. The molecule has 0 aliphatic carbocycles. The Morgan fingerprint density at radius 1 is 1.06 bits per heavy atom. The Hall–Kier alpha value is -3.38. The quantitative estimate of drug-likeness (QED) is 0.454. The fraction of sp³-hybridized carbons (Fsp3) is 0.296. The topological polar surface area (TPSA) is 56.8 Å². The van der Waals surface area contributed by atoms with Crippen molar-refractivity contribution in [1.29, 1.82) is 0 Å². The van der Waals surface area contributed by atoms with Crippen molar-refractivity contribution in [2.24, 2.45) is 0 Å². The summed E-state index contributed by atoms with van der Waals surface area (Å²) >= 11 is 0. The van der Waals surface area contributed by atoms with Gasteiger partial charge in [0.05, 0.1) is 5.56 Å². The molecule has 172 valence electrons. The third kappa shape index (κ3) is 5.17. The van der Waals surface area contributed by atoms with Gasteiger partial charge in [0.15, 0.2) is 6.10 Å². The van der Waals surface area contributed by atoms with E-state index in [-0.39, 0.29) is 5.82 Å². The molecule has 6 heteroatoms. The Kier molecular flexibility index (Phi) is 6.65. The number of fused-ring (bicyclic) bond motifs is 1. The van der Waals surface area contributed by atoms with Crippen LogP contribution in [0.4, 0.5) is 10.1 Å². The van der Waals surface area contributed by atoms with E-state index in [4.69, 9.17) is 14.2 Å². The largest absolute Gasteiger partial charge is 0.483 e. The van der Waals surface area contributed by atoms with Crippen LogP contribution in [0.2, 0.25) is 0 Å². The Morgan fingerprint density at radius 2 is 1.79 bits per heavy atom. The van der Waals surface area contributed by atoms with Crippen LogP contribution in [0.15, 0.2) is 72.8 Å². The fourth-order valence-corrected chi connectivity index (χ4v) is 3.97. The number of ether oxygens (including phenoxy) is 3. The van der Waals surface area contributed by atoms with E-state index in [1.165, 1.54) is 12.1 Å². The van der Waals surface area contributed by atoms with Crippen molar-refractivity contribution in [3.05, 3.63) is 95.3 Å². The minimum atomic E-state index is -0.791. The summed E-state index contributed by atoms with van der Waals surface area (Å²) in [6, 6.07) is 21.0. The molecule has 0 saturated carbocycles. The number of carbonyl (C=O) groups excluding carboxylic acids is 1. The summed E-state index contributed by atoms with van der Waals surface area (Å²) in [4.78, 5) is 12.8. The van der Waals surface area contributed by atoms with Crippen molar-refractivity contribution >= 4 is 11.7 Å². The van der Waals surface area contributed by atoms with Crippen molar-refractivity contribution in [2.45, 2.75) is 45.1 Å². The van der Waals surface area contributed by atoms with Gasteiger partial charge in [-0.3, -0.25) is 0 Å². The number of carbonyl (C=O) groups is 1. The van der Waals surface area contributed by atoms with Crippen LogP contribution in [0.1, 0.15) is 48.4 Å². The molecule has 0 aromatic heterocycles. The normalized spacial score (nSPS) is 18.7. The summed E-state index contributed by atoms with van der Waals surface area (Å²) in [5.74, 6) is 0.0109. The minimum Gasteiger partial charge on any atom is -0.483 e. The highest BCUT2D eigenvalue weighted by atomic mass is 19.1. The van der Waals surface area contributed by atoms with Crippen molar-refractivity contribution < 1.29 is 23.4 Å². The first-order chi connectivity index (χ1) is 15.9. The summed E-state index contributed by atoms with van der Waals surface area (Å²) in [7, 11) is 0. The van der Waals surface area contributed by atoms with Gasteiger partial charge in [-0.05, 0) is 68.8 Å². The van der Waals surface area contributed by atoms with E-state index >= 15 is 0 Å². The first-order valence-electron chi connectivity index (χ1n) is 11.1. The molecule has 2 atom stereocenters. The zero-order chi connectivity index (χ0) is 23.4. The first kappa shape index (κ1) is 22.8. The summed E-state index contributed by atoms with van der Waals surface area (Å²) in [6.45, 7) is 6.69. The number of esters is 1. The molecular weight excluding hydrogens is 421 g/mol. The van der Waals surface area contributed by atoms with Crippen molar-refractivity contribution in [3.63, 3.8) is 0 Å². The maximum absolute atomic E-state index is 13.2. The molecule has 1 aliphatic heterocycles. The number of hydrogen-bond donors (Lipinski definition) is 1. The van der Waals surface area contributed by atoms with Crippen LogP contribution in [-0.4, -0.2) is 24.3 Å². The van der Waals surface area contributed by atoms with Crippen LogP contribution in [-0.2, 0) is 16.0 Å². The summed E-state index contributed by atoms with van der Waals surface area (Å²) in [5.41, 5.74) is 2.32. The molecule has 1 heterocycles. The second-order valence-corrected chi connectivity index (χ2v) is 8.51. The van der Waals surface area contributed by atoms with Gasteiger partial charge in [-0.15, -0.1) is 0 Å². The van der Waals surface area contributed by atoms with Gasteiger partial charge in [0, 0.05) is 24.4 Å². The van der Waals surface area contributed by atoms with Gasteiger partial charge in [-0.1, -0.05) is 30.3 Å². The minimum absolute atomic E-state index is 0.261. The lowest BCUT2D eigenvalue weighted by molar-refractivity contribution is -0.137. The predicted octanol–water partition coefficient (Wildman–Crippen LogP) is 5.91. The average molecular weight is 450 g/mol. The number of halogens is 1. The van der Waals surface area contributed by atoms with E-state index in [9.17, 15) is 9.18 Å². The van der Waals surface area contributed by atoms with E-state index in [0.29, 0.717) is 24.5 Å². The lowest BCUT2D eigenvalue weighted by atomic mass is 9.87. The predicted molar refractivity (Wildman–Crippen MR) is 125 cm³/mol. The maximum Gasteiger partial charge on any atom is 0.338 e. The van der Waals surface area contributed by atoms with Gasteiger partial charge >= 0.3 is 5.97 Å². The van der Waals surface area contributed by atoms with Crippen LogP contribution in [0.25, 0.3) is 0 Å². The number of nitrogens with one attached hydrogen (secondary N) is 1. The van der Waals surface area contributed by atoms with Gasteiger partial charge in [0.25, 0.3) is 0 Å². The van der Waals surface area contributed by atoms with Crippen LogP contribution < -0.4 is 10.1 Å². The fourth-order valence-electron chi connectivity index (χ4n) is 3.97. The van der Waals surface area contributed by atoms with Gasteiger partial charge in [0.2, 0.25) is 0 Å². The molecule has 5 nitrogen and oxygen atoms in total. The first-order valence-corrected chi connectivity index (χ1v) is 11.1. The van der Waals surface area contributed by atoms with Gasteiger partial charge < -0.3 is 19.5 Å². The standard InChI is InChI=1S/C27H28FNO4/c1-4-31-24-22-16-21(29-17-18-10-12-20(28)13-11-18)14-15-23(22)33-27(2,3)25(24)32-26(30)19-8-6-5-7-9-19/h5-16,24-25,29H,4,17H2,1-3H3. The molecule has 0 amide bonds. The second-order valence-electron chi connectivity index (χ2n) is 8.51. The maximum atomic E-state index is 13.2. The number of benzene rings is 3. The van der Waals surface area contributed by atoms with Gasteiger partial charge in [-0.25, -0.2) is 9.18 Å². The monoisotopic (exact) mass is 449 g/mol. The van der Waals surface area contributed by atoms with Crippen LogP contribution >= 0.6 is 0 Å². The Morgan fingerprint density at radius 3 is 2.48 bits per heavy atom. The molecule has 3 aromatic carbocycles. The SMILES string of the molecule is CCOC1c2cc(NCc3ccc(F)cc3)ccc2OC(C)(C)C1OC(=O)c1ccccc1. The Bertz CT molecular complexity index is 1100. The van der Waals surface area contributed by atoms with E-state index in [2.05, 4.69) is 5.32 Å². The number of hydrogen-bond acceptors (Lipinski definition) is 5. The summed E-state index contributed by atoms with van der Waals surface area (Å²) in [6.07, 6.45) is -1.14. The molecule has 3 aromatic rings. The number of rotatable bonds is 7. The molecule has 4 rings (SSSR count). The Labute approximate surface area is 193 Å². The smallest absolute Gasteiger partial charge is 0.338 e. The van der Waals surface area contributed by atoms with Crippen molar-refractivity contribution in [3.8, 4) is 5.75 Å². The van der Waals surface area contributed by atoms with Crippen LogP contribution in [0.3, 0.4) is 0 Å². The molecule has 0 radical (unpaired) electrons. The highest BCUT2D eigenvalue weighted by Crippen LogP contribution is 2.44. The molecule has 0 saturated heterocycles. The van der Waals surface area contributed by atoms with E-state index in [1.807, 2.05) is 45.0 Å². The second kappa shape index (κ2) is 9.63. The van der Waals surface area contributed by atoms with Crippen molar-refractivity contribution in [2.75, 3.05) is 11.9 Å². The van der Waals surface area contributed by atoms with Crippen LogP contribution in [0.5, 0.6) is 5.75 Å². The Balaban J connectivity index is 1.59. The van der Waals surface area contributed by atoms with E-state index < -0.39 is 23.8 Å². The molecule has 0 fully saturated rings. The molecule has 1 N–H and O–H groups in total. The third-order valence-electron chi connectivity index (χ3n) is 5.65. The number of anilines is 1. The third-order valence-corrected chi connectivity index (χ3v) is 5.65. The van der Waals surface area contributed by atoms with E-state index in [0.717, 1.165) is 16.8 Å². The van der Waals surface area contributed by atoms with Gasteiger partial charge in [-0.2, -0.15) is 0 Å². The lowest BCUT2D eigenvalue weighted by Crippen LogP contribution is -2.51. The molecular formula is C27H28FNO4. The van der Waals surface area contributed by atoms with Crippen molar-refractivity contribution in [1.82, 2.24) is 0 Å². The summed E-state index contributed by atoms with van der Waals surface area (Å²) in [5, 5.41) is 3.35. The average Bonchev–Trinajstić information content (AvgIpc) is 2.81.